The van der Waals surface area contributed by atoms with Gasteiger partial charge in [-0.15, -0.1) is 0 Å². The van der Waals surface area contributed by atoms with Crippen molar-refractivity contribution >= 4 is 23.2 Å². The van der Waals surface area contributed by atoms with Gasteiger partial charge in [0.1, 0.15) is 29.9 Å². The number of hydrogen-bond donors (Lipinski definition) is 2. The Labute approximate surface area is 197 Å². The predicted molar refractivity (Wildman–Crippen MR) is 125 cm³/mol. The van der Waals surface area contributed by atoms with Gasteiger partial charge in [-0.3, -0.25) is 19.5 Å². The molecule has 1 unspecified atom stereocenters. The Kier molecular flexibility index (Phi) is 7.71. The van der Waals surface area contributed by atoms with E-state index >= 15 is 0 Å². The number of ether oxygens (including phenoxy) is 2. The van der Waals surface area contributed by atoms with Crippen LogP contribution in [0, 0.1) is 5.82 Å². The highest BCUT2D eigenvalue weighted by atomic mass is 19.1. The van der Waals surface area contributed by atoms with Crippen LogP contribution in [0.3, 0.4) is 0 Å². The van der Waals surface area contributed by atoms with Gasteiger partial charge in [-0.25, -0.2) is 4.39 Å². The first kappa shape index (κ1) is 23.7. The number of nitrogens with two attached hydrogens (primary N) is 1. The van der Waals surface area contributed by atoms with E-state index in [1.54, 1.807) is 0 Å². The molecule has 0 aliphatic carbocycles. The highest BCUT2D eigenvalue weighted by Crippen LogP contribution is 2.25. The molecule has 0 spiro atoms. The number of nitrogens with one attached hydrogen (secondary N) is 1. The number of hydrogen-bond acceptors (Lipinski definition) is 7. The van der Waals surface area contributed by atoms with Gasteiger partial charge in [0.2, 0.25) is 5.91 Å². The van der Waals surface area contributed by atoms with Gasteiger partial charge in [-0.2, -0.15) is 5.10 Å². The SMILES string of the molecule is NC(=O)C1CC(C(=O)NCc2cccc(OCCN3CCOCC3)c2)=NN1c1ccc(F)cc1. The molecule has 3 N–H and O–H groups in total. The van der Waals surface area contributed by atoms with Crippen molar-refractivity contribution in [1.29, 1.82) is 0 Å². The van der Waals surface area contributed by atoms with E-state index in [0.29, 0.717) is 12.3 Å². The molecule has 0 aromatic heterocycles. The Balaban J connectivity index is 1.32. The number of hydrazone groups is 1. The maximum atomic E-state index is 13.3. The van der Waals surface area contributed by atoms with Crippen molar-refractivity contribution in [2.45, 2.75) is 19.0 Å². The topological polar surface area (TPSA) is 109 Å². The molecule has 2 heterocycles. The van der Waals surface area contributed by atoms with E-state index in [2.05, 4.69) is 15.3 Å². The number of anilines is 1. The first-order valence-corrected chi connectivity index (χ1v) is 11.2. The van der Waals surface area contributed by atoms with E-state index in [4.69, 9.17) is 15.2 Å². The molecule has 9 nitrogen and oxygen atoms in total. The molecule has 34 heavy (non-hydrogen) atoms. The molecule has 4 rings (SSSR count). The van der Waals surface area contributed by atoms with Crippen molar-refractivity contribution in [2.75, 3.05) is 44.5 Å². The monoisotopic (exact) mass is 469 g/mol. The highest BCUT2D eigenvalue weighted by molar-refractivity contribution is 6.40. The molecule has 2 aromatic rings. The van der Waals surface area contributed by atoms with E-state index < -0.39 is 23.7 Å². The molecule has 2 amide bonds. The van der Waals surface area contributed by atoms with Gasteiger partial charge in [0.15, 0.2) is 0 Å². The molecule has 0 radical (unpaired) electrons. The summed E-state index contributed by atoms with van der Waals surface area (Å²) in [6.07, 6.45) is 0.0727. The molecule has 1 saturated heterocycles. The normalized spacial score (nSPS) is 18.4. The summed E-state index contributed by atoms with van der Waals surface area (Å²) in [6.45, 7) is 5.00. The maximum Gasteiger partial charge on any atom is 0.267 e. The minimum Gasteiger partial charge on any atom is -0.492 e. The number of nitrogens with zero attached hydrogens (tertiary/aromatic N) is 3. The number of rotatable bonds is 9. The zero-order valence-corrected chi connectivity index (χ0v) is 18.8. The van der Waals surface area contributed by atoms with Crippen LogP contribution in [0.4, 0.5) is 10.1 Å². The van der Waals surface area contributed by atoms with Crippen LogP contribution in [-0.2, 0) is 20.9 Å². The zero-order valence-electron chi connectivity index (χ0n) is 18.8. The lowest BCUT2D eigenvalue weighted by Gasteiger charge is -2.26. The third-order valence-corrected chi connectivity index (χ3v) is 5.72. The van der Waals surface area contributed by atoms with Gasteiger partial charge in [0, 0.05) is 32.6 Å². The fraction of sp³-hybridized carbons (Fsp3) is 0.375. The highest BCUT2D eigenvalue weighted by Gasteiger charge is 2.34. The summed E-state index contributed by atoms with van der Waals surface area (Å²) in [4.78, 5) is 26.9. The average molecular weight is 470 g/mol. The second-order valence-corrected chi connectivity index (χ2v) is 8.12. The van der Waals surface area contributed by atoms with Crippen molar-refractivity contribution in [3.8, 4) is 5.75 Å². The van der Waals surface area contributed by atoms with Crippen LogP contribution in [0.25, 0.3) is 0 Å². The number of amides is 2. The zero-order chi connectivity index (χ0) is 23.9. The summed E-state index contributed by atoms with van der Waals surface area (Å²) in [5.74, 6) is -0.686. The van der Waals surface area contributed by atoms with Gasteiger partial charge in [-0.1, -0.05) is 12.1 Å². The third kappa shape index (κ3) is 6.09. The predicted octanol–water partition coefficient (Wildman–Crippen LogP) is 1.27. The molecular weight excluding hydrogens is 441 g/mol. The quantitative estimate of drug-likeness (QED) is 0.573. The Morgan fingerprint density at radius 3 is 2.68 bits per heavy atom. The number of halogens is 1. The van der Waals surface area contributed by atoms with Crippen molar-refractivity contribution in [2.24, 2.45) is 10.8 Å². The summed E-state index contributed by atoms with van der Waals surface area (Å²) in [5.41, 5.74) is 7.04. The largest absolute Gasteiger partial charge is 0.492 e. The number of primary amides is 1. The smallest absolute Gasteiger partial charge is 0.267 e. The molecular formula is C24H28FN5O4. The van der Waals surface area contributed by atoms with Crippen LogP contribution in [-0.4, -0.2) is 67.9 Å². The van der Waals surface area contributed by atoms with Crippen LogP contribution < -0.4 is 20.8 Å². The minimum absolute atomic E-state index is 0.0727. The first-order chi connectivity index (χ1) is 16.5. The van der Waals surface area contributed by atoms with Gasteiger partial charge < -0.3 is 20.5 Å². The van der Waals surface area contributed by atoms with Crippen molar-refractivity contribution < 1.29 is 23.5 Å². The molecule has 180 valence electrons. The third-order valence-electron chi connectivity index (χ3n) is 5.72. The lowest BCUT2D eigenvalue weighted by atomic mass is 10.1. The van der Waals surface area contributed by atoms with E-state index in [-0.39, 0.29) is 18.7 Å². The van der Waals surface area contributed by atoms with Crippen LogP contribution in [0.2, 0.25) is 0 Å². The molecule has 2 aliphatic heterocycles. The molecule has 10 heteroatoms. The van der Waals surface area contributed by atoms with Crippen LogP contribution >= 0.6 is 0 Å². The van der Waals surface area contributed by atoms with E-state index in [1.165, 1.54) is 29.3 Å². The standard InChI is InChI=1S/C24H28FN5O4/c25-18-4-6-19(7-5-18)30-22(23(26)31)15-21(28-30)24(32)27-16-17-2-1-3-20(14-17)34-13-10-29-8-11-33-12-9-29/h1-7,14,22H,8-13,15-16H2,(H2,26,31)(H,27,32). The summed E-state index contributed by atoms with van der Waals surface area (Å²) in [7, 11) is 0. The van der Waals surface area contributed by atoms with Crippen molar-refractivity contribution in [1.82, 2.24) is 10.2 Å². The average Bonchev–Trinajstić information content (AvgIpc) is 3.30. The molecule has 0 saturated carbocycles. The van der Waals surface area contributed by atoms with Crippen molar-refractivity contribution in [3.63, 3.8) is 0 Å². The number of morpholine rings is 1. The summed E-state index contributed by atoms with van der Waals surface area (Å²) in [5, 5.41) is 8.47. The van der Waals surface area contributed by atoms with E-state index in [0.717, 1.165) is 44.2 Å². The first-order valence-electron chi connectivity index (χ1n) is 11.2. The lowest BCUT2D eigenvalue weighted by Crippen LogP contribution is -2.39. The Hall–Kier alpha value is -3.50. The fourth-order valence-corrected chi connectivity index (χ4v) is 3.85. The summed E-state index contributed by atoms with van der Waals surface area (Å²) in [6, 6.07) is 12.2. The van der Waals surface area contributed by atoms with E-state index in [1.807, 2.05) is 24.3 Å². The van der Waals surface area contributed by atoms with Crippen LogP contribution in [0.1, 0.15) is 12.0 Å². The Morgan fingerprint density at radius 1 is 1.18 bits per heavy atom. The van der Waals surface area contributed by atoms with E-state index in [9.17, 15) is 14.0 Å². The van der Waals surface area contributed by atoms with Gasteiger partial charge in [0.05, 0.1) is 18.9 Å². The molecule has 2 aliphatic rings. The van der Waals surface area contributed by atoms with Gasteiger partial charge in [0.25, 0.3) is 5.91 Å². The minimum atomic E-state index is -0.811. The number of carbonyl (C=O) groups is 2. The molecule has 1 atom stereocenters. The second-order valence-electron chi connectivity index (χ2n) is 8.12. The van der Waals surface area contributed by atoms with Gasteiger partial charge in [-0.05, 0) is 42.0 Å². The maximum absolute atomic E-state index is 13.3. The summed E-state index contributed by atoms with van der Waals surface area (Å²) >= 11 is 0. The number of carbonyl (C=O) groups excluding carboxylic acids is 2. The molecule has 1 fully saturated rings. The second kappa shape index (κ2) is 11.1. The Morgan fingerprint density at radius 2 is 1.94 bits per heavy atom. The van der Waals surface area contributed by atoms with Crippen LogP contribution in [0.5, 0.6) is 5.75 Å². The van der Waals surface area contributed by atoms with Crippen LogP contribution in [0.15, 0.2) is 53.6 Å². The lowest BCUT2D eigenvalue weighted by molar-refractivity contribution is -0.119. The Bertz CT molecular complexity index is 1040. The molecule has 0 bridgehead atoms. The fourth-order valence-electron chi connectivity index (χ4n) is 3.85. The molecule has 2 aromatic carbocycles. The summed E-state index contributed by atoms with van der Waals surface area (Å²) < 4.78 is 24.5. The van der Waals surface area contributed by atoms with Crippen molar-refractivity contribution in [3.05, 3.63) is 59.9 Å². The van der Waals surface area contributed by atoms with Gasteiger partial charge >= 0.3 is 0 Å². The number of benzene rings is 2.